The van der Waals surface area contributed by atoms with Crippen LogP contribution >= 0.6 is 0 Å². The normalized spacial score (nSPS) is 22.2. The Morgan fingerprint density at radius 2 is 1.95 bits per heavy atom. The summed E-state index contributed by atoms with van der Waals surface area (Å²) in [5.74, 6) is -2.28. The first-order valence-corrected chi connectivity index (χ1v) is 6.34. The van der Waals surface area contributed by atoms with Crippen molar-refractivity contribution in [3.8, 4) is 0 Å². The number of aromatic nitrogens is 2. The lowest BCUT2D eigenvalue weighted by atomic mass is 9.84. The van der Waals surface area contributed by atoms with Crippen molar-refractivity contribution >= 4 is 11.9 Å². The molecule has 20 heavy (non-hydrogen) atoms. The van der Waals surface area contributed by atoms with Crippen LogP contribution in [-0.2, 0) is 4.79 Å². The number of aliphatic carboxylic acids is 1. The standard InChI is InChI=1S/C12H15N3O5/c16-9(7-5-13-12(20)15-10(7)17)14-8-4-2-1-3-6(8)11(18)19/h5-6,8H,1-4H2,(H,14,16)(H,18,19)(H2,13,15,17,20). The molecule has 2 unspecified atom stereocenters. The van der Waals surface area contributed by atoms with Gasteiger partial charge in [0.25, 0.3) is 11.5 Å². The van der Waals surface area contributed by atoms with E-state index in [1.807, 2.05) is 4.98 Å². The zero-order valence-corrected chi connectivity index (χ0v) is 10.6. The summed E-state index contributed by atoms with van der Waals surface area (Å²) < 4.78 is 0. The Bertz CT molecular complexity index is 632. The summed E-state index contributed by atoms with van der Waals surface area (Å²) in [6, 6.07) is -0.500. The van der Waals surface area contributed by atoms with Gasteiger partial charge in [-0.05, 0) is 12.8 Å². The second-order valence-corrected chi connectivity index (χ2v) is 4.79. The lowest BCUT2D eigenvalue weighted by Gasteiger charge is -2.29. The van der Waals surface area contributed by atoms with Gasteiger partial charge in [-0.3, -0.25) is 19.4 Å². The number of H-pyrrole nitrogens is 2. The van der Waals surface area contributed by atoms with E-state index in [-0.39, 0.29) is 5.56 Å². The Labute approximate surface area is 113 Å². The Morgan fingerprint density at radius 1 is 1.25 bits per heavy atom. The minimum Gasteiger partial charge on any atom is -0.481 e. The largest absolute Gasteiger partial charge is 0.481 e. The molecule has 108 valence electrons. The van der Waals surface area contributed by atoms with Crippen molar-refractivity contribution in [3.63, 3.8) is 0 Å². The molecule has 0 aliphatic heterocycles. The Morgan fingerprint density at radius 3 is 2.60 bits per heavy atom. The third kappa shape index (κ3) is 2.95. The molecule has 8 nitrogen and oxygen atoms in total. The van der Waals surface area contributed by atoms with Crippen molar-refractivity contribution in [3.05, 3.63) is 32.6 Å². The topological polar surface area (TPSA) is 132 Å². The molecule has 4 N–H and O–H groups in total. The van der Waals surface area contributed by atoms with E-state index < -0.39 is 35.1 Å². The van der Waals surface area contributed by atoms with Crippen molar-refractivity contribution in [2.24, 2.45) is 5.92 Å². The highest BCUT2D eigenvalue weighted by Crippen LogP contribution is 2.24. The maximum atomic E-state index is 12.0. The summed E-state index contributed by atoms with van der Waals surface area (Å²) in [5, 5.41) is 11.7. The lowest BCUT2D eigenvalue weighted by Crippen LogP contribution is -2.46. The average Bonchev–Trinajstić information content (AvgIpc) is 2.38. The van der Waals surface area contributed by atoms with E-state index >= 15 is 0 Å². The number of hydrogen-bond donors (Lipinski definition) is 4. The van der Waals surface area contributed by atoms with E-state index in [2.05, 4.69) is 10.3 Å². The zero-order chi connectivity index (χ0) is 14.7. The third-order valence-corrected chi connectivity index (χ3v) is 3.46. The van der Waals surface area contributed by atoms with Crippen molar-refractivity contribution in [2.75, 3.05) is 0 Å². The van der Waals surface area contributed by atoms with Crippen molar-refractivity contribution in [1.82, 2.24) is 15.3 Å². The second kappa shape index (κ2) is 5.72. The van der Waals surface area contributed by atoms with Gasteiger partial charge in [0, 0.05) is 12.2 Å². The fourth-order valence-corrected chi connectivity index (χ4v) is 2.42. The molecule has 1 aromatic rings. The Balaban J connectivity index is 2.15. The summed E-state index contributed by atoms with van der Waals surface area (Å²) in [6.07, 6.45) is 3.72. The van der Waals surface area contributed by atoms with Gasteiger partial charge in [0.2, 0.25) is 0 Å². The molecule has 1 aliphatic rings. The molecule has 0 bridgehead atoms. The molecule has 2 rings (SSSR count). The fraction of sp³-hybridized carbons (Fsp3) is 0.500. The third-order valence-electron chi connectivity index (χ3n) is 3.46. The number of rotatable bonds is 3. The molecule has 8 heteroatoms. The molecule has 0 radical (unpaired) electrons. The number of nitrogens with one attached hydrogen (secondary N) is 3. The van der Waals surface area contributed by atoms with Crippen LogP contribution in [0.2, 0.25) is 0 Å². The SMILES string of the molecule is O=C(NC1CCCCC1C(=O)O)c1c[nH]c(=O)[nH]c1=O. The van der Waals surface area contributed by atoms with Crippen molar-refractivity contribution in [1.29, 1.82) is 0 Å². The van der Waals surface area contributed by atoms with Gasteiger partial charge in [0.05, 0.1) is 5.92 Å². The van der Waals surface area contributed by atoms with Crippen LogP contribution in [0.5, 0.6) is 0 Å². The van der Waals surface area contributed by atoms with Crippen molar-refractivity contribution in [2.45, 2.75) is 31.7 Å². The maximum Gasteiger partial charge on any atom is 0.325 e. The van der Waals surface area contributed by atoms with E-state index in [1.54, 1.807) is 0 Å². The first kappa shape index (κ1) is 14.0. The smallest absolute Gasteiger partial charge is 0.325 e. The van der Waals surface area contributed by atoms with Gasteiger partial charge in [0.1, 0.15) is 5.56 Å². The molecule has 1 heterocycles. The molecule has 1 aliphatic carbocycles. The average molecular weight is 281 g/mol. The highest BCUT2D eigenvalue weighted by atomic mass is 16.4. The molecule has 0 aromatic carbocycles. The van der Waals surface area contributed by atoms with Gasteiger partial charge in [-0.2, -0.15) is 0 Å². The second-order valence-electron chi connectivity index (χ2n) is 4.79. The number of aromatic amines is 2. The van der Waals surface area contributed by atoms with Crippen LogP contribution in [0.1, 0.15) is 36.0 Å². The van der Waals surface area contributed by atoms with E-state index in [0.717, 1.165) is 19.0 Å². The van der Waals surface area contributed by atoms with Gasteiger partial charge in [0.15, 0.2) is 0 Å². The highest BCUT2D eigenvalue weighted by Gasteiger charge is 2.32. The van der Waals surface area contributed by atoms with E-state index in [4.69, 9.17) is 5.11 Å². The van der Waals surface area contributed by atoms with Crippen LogP contribution in [0.25, 0.3) is 0 Å². The molecule has 1 fully saturated rings. The molecular weight excluding hydrogens is 266 g/mol. The molecule has 1 saturated carbocycles. The van der Waals surface area contributed by atoms with Crippen LogP contribution in [0.15, 0.2) is 15.8 Å². The van der Waals surface area contributed by atoms with Crippen LogP contribution in [-0.4, -0.2) is 33.0 Å². The summed E-state index contributed by atoms with van der Waals surface area (Å²) in [6.45, 7) is 0. The predicted octanol–water partition coefficient (Wildman–Crippen LogP) is -0.564. The van der Waals surface area contributed by atoms with Gasteiger partial charge in [-0.15, -0.1) is 0 Å². The van der Waals surface area contributed by atoms with Gasteiger partial charge in [-0.25, -0.2) is 4.79 Å². The number of carbonyl (C=O) groups excluding carboxylic acids is 1. The highest BCUT2D eigenvalue weighted by molar-refractivity contribution is 5.94. The number of carboxylic acids is 1. The number of carboxylic acid groups (broad SMARTS) is 1. The maximum absolute atomic E-state index is 12.0. The van der Waals surface area contributed by atoms with Gasteiger partial charge in [-0.1, -0.05) is 12.8 Å². The van der Waals surface area contributed by atoms with Gasteiger partial charge >= 0.3 is 11.7 Å². The first-order chi connectivity index (χ1) is 9.49. The minimum absolute atomic E-state index is 0.237. The molecule has 1 aromatic heterocycles. The van der Waals surface area contributed by atoms with Gasteiger partial charge < -0.3 is 15.4 Å². The van der Waals surface area contributed by atoms with Crippen LogP contribution in [0.3, 0.4) is 0 Å². The lowest BCUT2D eigenvalue weighted by molar-refractivity contribution is -0.143. The fourth-order valence-electron chi connectivity index (χ4n) is 2.42. The molecule has 0 saturated heterocycles. The summed E-state index contributed by atoms with van der Waals surface area (Å²) >= 11 is 0. The summed E-state index contributed by atoms with van der Waals surface area (Å²) in [5.41, 5.74) is -1.74. The Hall–Kier alpha value is -2.38. The van der Waals surface area contributed by atoms with Crippen molar-refractivity contribution < 1.29 is 14.7 Å². The van der Waals surface area contributed by atoms with Crippen LogP contribution in [0, 0.1) is 5.92 Å². The number of amides is 1. The quantitative estimate of drug-likeness (QED) is 0.589. The first-order valence-electron chi connectivity index (χ1n) is 6.34. The summed E-state index contributed by atoms with van der Waals surface area (Å²) in [4.78, 5) is 49.6. The van der Waals surface area contributed by atoms with Crippen LogP contribution < -0.4 is 16.6 Å². The number of carbonyl (C=O) groups is 2. The predicted molar refractivity (Wildman–Crippen MR) is 68.5 cm³/mol. The molecule has 0 spiro atoms. The van der Waals surface area contributed by atoms with E-state index in [9.17, 15) is 19.2 Å². The van der Waals surface area contributed by atoms with Crippen LogP contribution in [0.4, 0.5) is 0 Å². The Kier molecular flexibility index (Phi) is 4.02. The molecule has 2 atom stereocenters. The molecule has 1 amide bonds. The monoisotopic (exact) mass is 281 g/mol. The van der Waals surface area contributed by atoms with E-state index in [0.29, 0.717) is 12.8 Å². The van der Waals surface area contributed by atoms with E-state index in [1.165, 1.54) is 0 Å². The summed E-state index contributed by atoms with van der Waals surface area (Å²) in [7, 11) is 0. The zero-order valence-electron chi connectivity index (χ0n) is 10.6. The number of hydrogen-bond acceptors (Lipinski definition) is 4. The minimum atomic E-state index is -0.953. The molecular formula is C12H15N3O5.